The molecule has 1 rings (SSSR count). The van der Waals surface area contributed by atoms with E-state index in [0.29, 0.717) is 13.0 Å². The first kappa shape index (κ1) is 9.38. The van der Waals surface area contributed by atoms with Crippen LogP contribution in [0.4, 0.5) is 8.78 Å². The van der Waals surface area contributed by atoms with Crippen molar-refractivity contribution < 1.29 is 13.6 Å². The lowest BCUT2D eigenvalue weighted by atomic mass is 10.0. The van der Waals surface area contributed by atoms with Crippen LogP contribution in [-0.4, -0.2) is 36.9 Å². The number of primary amides is 1. The van der Waals surface area contributed by atoms with E-state index in [9.17, 15) is 13.6 Å². The van der Waals surface area contributed by atoms with Crippen LogP contribution in [0.25, 0.3) is 0 Å². The van der Waals surface area contributed by atoms with E-state index in [0.717, 1.165) is 0 Å². The molecule has 1 saturated heterocycles. The number of likely N-dealkylation sites (tertiary alicyclic amines) is 1. The number of carbonyl (C=O) groups is 1. The number of halogens is 2. The van der Waals surface area contributed by atoms with Crippen molar-refractivity contribution in [3.05, 3.63) is 0 Å². The number of nitrogens with two attached hydrogens (primary N) is 1. The van der Waals surface area contributed by atoms with Gasteiger partial charge in [-0.3, -0.25) is 4.79 Å². The van der Waals surface area contributed by atoms with Crippen molar-refractivity contribution in [3.63, 3.8) is 0 Å². The van der Waals surface area contributed by atoms with Crippen LogP contribution in [0.5, 0.6) is 0 Å². The van der Waals surface area contributed by atoms with Gasteiger partial charge < -0.3 is 10.6 Å². The van der Waals surface area contributed by atoms with Gasteiger partial charge in [-0.05, 0) is 20.0 Å². The lowest BCUT2D eigenvalue weighted by Gasteiger charge is -2.19. The Hall–Kier alpha value is -0.710. The fourth-order valence-electron chi connectivity index (χ4n) is 1.43. The van der Waals surface area contributed by atoms with Crippen LogP contribution in [0.15, 0.2) is 0 Å². The van der Waals surface area contributed by atoms with Gasteiger partial charge in [-0.25, -0.2) is 0 Å². The minimum atomic E-state index is -3.34. The Morgan fingerprint density at radius 1 is 1.67 bits per heavy atom. The third-order valence-electron chi connectivity index (χ3n) is 2.23. The molecular formula is C7H12F2N2O. The molecule has 1 amide bonds. The first-order chi connectivity index (χ1) is 5.44. The van der Waals surface area contributed by atoms with E-state index in [1.165, 1.54) is 0 Å². The predicted molar refractivity (Wildman–Crippen MR) is 39.7 cm³/mol. The SMILES string of the molecule is CN1CCC(C(F)(F)C(N)=O)C1. The van der Waals surface area contributed by atoms with Crippen molar-refractivity contribution in [2.45, 2.75) is 12.3 Å². The highest BCUT2D eigenvalue weighted by Crippen LogP contribution is 2.31. The molecule has 3 nitrogen and oxygen atoms in total. The van der Waals surface area contributed by atoms with Gasteiger partial charge in [0.05, 0.1) is 0 Å². The van der Waals surface area contributed by atoms with Crippen LogP contribution >= 0.6 is 0 Å². The maximum atomic E-state index is 12.9. The molecule has 0 bridgehead atoms. The predicted octanol–water partition coefficient (Wildman–Crippen LogP) is 0.0587. The van der Waals surface area contributed by atoms with Crippen molar-refractivity contribution in [3.8, 4) is 0 Å². The zero-order valence-electron chi connectivity index (χ0n) is 6.89. The van der Waals surface area contributed by atoms with Crippen molar-refractivity contribution in [2.75, 3.05) is 20.1 Å². The molecule has 70 valence electrons. The highest BCUT2D eigenvalue weighted by atomic mass is 19.3. The quantitative estimate of drug-likeness (QED) is 0.649. The number of rotatable bonds is 2. The molecule has 1 atom stereocenters. The average molecular weight is 178 g/mol. The van der Waals surface area contributed by atoms with Crippen LogP contribution in [-0.2, 0) is 4.79 Å². The lowest BCUT2D eigenvalue weighted by molar-refractivity contribution is -0.149. The Morgan fingerprint density at radius 2 is 2.25 bits per heavy atom. The maximum Gasteiger partial charge on any atom is 0.328 e. The van der Waals surface area contributed by atoms with Crippen molar-refractivity contribution in [1.29, 1.82) is 0 Å². The van der Waals surface area contributed by atoms with Crippen molar-refractivity contribution >= 4 is 5.91 Å². The topological polar surface area (TPSA) is 46.3 Å². The summed E-state index contributed by atoms with van der Waals surface area (Å²) in [6, 6.07) is 0. The third-order valence-corrected chi connectivity index (χ3v) is 2.23. The minimum Gasteiger partial charge on any atom is -0.364 e. The van der Waals surface area contributed by atoms with E-state index < -0.39 is 17.7 Å². The van der Waals surface area contributed by atoms with Crippen molar-refractivity contribution in [1.82, 2.24) is 4.90 Å². The van der Waals surface area contributed by atoms with E-state index in [1.807, 2.05) is 0 Å². The molecule has 0 aromatic heterocycles. The maximum absolute atomic E-state index is 12.9. The zero-order valence-corrected chi connectivity index (χ0v) is 6.89. The van der Waals surface area contributed by atoms with E-state index in [4.69, 9.17) is 0 Å². The highest BCUT2D eigenvalue weighted by Gasteiger charge is 2.47. The normalized spacial score (nSPS) is 26.1. The third kappa shape index (κ3) is 1.55. The van der Waals surface area contributed by atoms with Gasteiger partial charge >= 0.3 is 5.92 Å². The zero-order chi connectivity index (χ0) is 9.35. The molecular weight excluding hydrogens is 166 g/mol. The number of amides is 1. The summed E-state index contributed by atoms with van der Waals surface area (Å²) in [6.07, 6.45) is 0.340. The molecule has 1 unspecified atom stereocenters. The Balaban J connectivity index is 2.63. The van der Waals surface area contributed by atoms with Crippen molar-refractivity contribution in [2.24, 2.45) is 11.7 Å². The average Bonchev–Trinajstić information content (AvgIpc) is 2.35. The van der Waals surface area contributed by atoms with Crippen LogP contribution in [0.1, 0.15) is 6.42 Å². The summed E-state index contributed by atoms with van der Waals surface area (Å²) in [5.41, 5.74) is 4.59. The van der Waals surface area contributed by atoms with Crippen LogP contribution < -0.4 is 5.73 Å². The molecule has 0 aliphatic carbocycles. The Morgan fingerprint density at radius 3 is 2.58 bits per heavy atom. The fraction of sp³-hybridized carbons (Fsp3) is 0.857. The second-order valence-electron chi connectivity index (χ2n) is 3.24. The number of carbonyl (C=O) groups excluding carboxylic acids is 1. The summed E-state index contributed by atoms with van der Waals surface area (Å²) < 4.78 is 25.8. The molecule has 0 aromatic rings. The number of hydrogen-bond donors (Lipinski definition) is 1. The van der Waals surface area contributed by atoms with Crippen LogP contribution in [0.2, 0.25) is 0 Å². The number of nitrogens with zero attached hydrogens (tertiary/aromatic N) is 1. The second kappa shape index (κ2) is 2.97. The number of alkyl halides is 2. The Kier molecular flexibility index (Phi) is 2.32. The first-order valence-electron chi connectivity index (χ1n) is 3.81. The standard InChI is InChI=1S/C7H12F2N2O/c1-11-3-2-5(4-11)7(8,9)6(10)12/h5H,2-4H2,1H3,(H2,10,12). The van der Waals surface area contributed by atoms with Gasteiger partial charge in [-0.15, -0.1) is 0 Å². The molecule has 0 radical (unpaired) electrons. The van der Waals surface area contributed by atoms with Gasteiger partial charge in [-0.2, -0.15) is 8.78 Å². The summed E-state index contributed by atoms with van der Waals surface area (Å²) in [5, 5.41) is 0. The van der Waals surface area contributed by atoms with Gasteiger partial charge in [0, 0.05) is 12.5 Å². The largest absolute Gasteiger partial charge is 0.364 e. The molecule has 0 saturated carbocycles. The van der Waals surface area contributed by atoms with Gasteiger partial charge in [0.1, 0.15) is 0 Å². The summed E-state index contributed by atoms with van der Waals surface area (Å²) in [6.45, 7) is 0.851. The first-order valence-corrected chi connectivity index (χ1v) is 3.81. The van der Waals surface area contributed by atoms with Crippen LogP contribution in [0.3, 0.4) is 0 Å². The summed E-state index contributed by atoms with van der Waals surface area (Å²) in [7, 11) is 1.75. The highest BCUT2D eigenvalue weighted by molar-refractivity contribution is 5.81. The van der Waals surface area contributed by atoms with Gasteiger partial charge in [0.2, 0.25) is 0 Å². The Bertz CT molecular complexity index is 196. The van der Waals surface area contributed by atoms with Gasteiger partial charge in [0.25, 0.3) is 5.91 Å². The van der Waals surface area contributed by atoms with E-state index in [2.05, 4.69) is 5.73 Å². The molecule has 1 heterocycles. The van der Waals surface area contributed by atoms with E-state index in [-0.39, 0.29) is 6.54 Å². The monoisotopic (exact) mass is 178 g/mol. The second-order valence-corrected chi connectivity index (χ2v) is 3.24. The van der Waals surface area contributed by atoms with Gasteiger partial charge in [-0.1, -0.05) is 0 Å². The van der Waals surface area contributed by atoms with E-state index in [1.54, 1.807) is 11.9 Å². The molecule has 1 aliphatic rings. The smallest absolute Gasteiger partial charge is 0.328 e. The molecule has 2 N–H and O–H groups in total. The molecule has 0 spiro atoms. The fourth-order valence-corrected chi connectivity index (χ4v) is 1.43. The summed E-state index contributed by atoms with van der Waals surface area (Å²) in [4.78, 5) is 12.1. The lowest BCUT2D eigenvalue weighted by Crippen LogP contribution is -2.43. The van der Waals surface area contributed by atoms with Gasteiger partial charge in [0.15, 0.2) is 0 Å². The summed E-state index contributed by atoms with van der Waals surface area (Å²) in [5.74, 6) is -5.76. The molecule has 0 aromatic carbocycles. The molecule has 1 aliphatic heterocycles. The summed E-state index contributed by atoms with van der Waals surface area (Å²) >= 11 is 0. The Labute approximate surface area is 69.5 Å². The molecule has 5 heteroatoms. The molecule has 12 heavy (non-hydrogen) atoms. The molecule has 1 fully saturated rings. The van der Waals surface area contributed by atoms with E-state index >= 15 is 0 Å². The van der Waals surface area contributed by atoms with Crippen LogP contribution in [0, 0.1) is 5.92 Å². The minimum absolute atomic E-state index is 0.246. The number of hydrogen-bond acceptors (Lipinski definition) is 2.